The van der Waals surface area contributed by atoms with E-state index in [1.807, 2.05) is 6.07 Å². The average Bonchev–Trinajstić information content (AvgIpc) is 2.59. The number of phenolic OH excluding ortho intramolecular Hbond substituents is 1. The van der Waals surface area contributed by atoms with Gasteiger partial charge in [-0.3, -0.25) is 0 Å². The molecule has 0 spiro atoms. The Morgan fingerprint density at radius 1 is 1.35 bits per heavy atom. The number of phenols is 1. The molecule has 0 aromatic heterocycles. The molecule has 0 saturated heterocycles. The van der Waals surface area contributed by atoms with Gasteiger partial charge in [-0.05, 0) is 55.4 Å². The minimum absolute atomic E-state index is 0.389. The van der Waals surface area contributed by atoms with Gasteiger partial charge in [-0.15, -0.1) is 0 Å². The number of hydrogen-bond acceptors (Lipinski definition) is 2. The summed E-state index contributed by atoms with van der Waals surface area (Å²) in [6.45, 7) is 6.79. The Hall–Kier alpha value is -1.02. The quantitative estimate of drug-likeness (QED) is 0.835. The van der Waals surface area contributed by atoms with E-state index in [4.69, 9.17) is 0 Å². The molecule has 0 amide bonds. The Bertz CT molecular complexity index is 387. The monoisotopic (exact) mass is 233 g/mol. The summed E-state index contributed by atoms with van der Waals surface area (Å²) in [5.74, 6) is 1.12. The van der Waals surface area contributed by atoms with Crippen molar-refractivity contribution in [2.45, 2.75) is 52.1 Å². The van der Waals surface area contributed by atoms with Crippen LogP contribution in [-0.2, 0) is 6.42 Å². The molecular weight excluding hydrogens is 210 g/mol. The Balaban J connectivity index is 2.02. The Kier molecular flexibility index (Phi) is 3.72. The number of benzene rings is 1. The molecule has 2 rings (SSSR count). The number of hydrogen-bond donors (Lipinski definition) is 2. The first-order valence-corrected chi connectivity index (χ1v) is 6.64. The van der Waals surface area contributed by atoms with Crippen LogP contribution < -0.4 is 5.32 Å². The lowest BCUT2D eigenvalue weighted by Gasteiger charge is -2.21. The molecule has 0 saturated carbocycles. The van der Waals surface area contributed by atoms with Gasteiger partial charge in [0.2, 0.25) is 0 Å². The zero-order valence-corrected chi connectivity index (χ0v) is 11.0. The fraction of sp³-hybridized carbons (Fsp3) is 0.600. The maximum absolute atomic E-state index is 9.46. The molecule has 0 fully saturated rings. The van der Waals surface area contributed by atoms with Gasteiger partial charge in [-0.2, -0.15) is 0 Å². The maximum Gasteiger partial charge on any atom is 0.115 e. The summed E-state index contributed by atoms with van der Waals surface area (Å²) in [4.78, 5) is 0. The molecule has 2 N–H and O–H groups in total. The highest BCUT2D eigenvalue weighted by Crippen LogP contribution is 2.33. The average molecular weight is 233 g/mol. The van der Waals surface area contributed by atoms with Crippen LogP contribution >= 0.6 is 0 Å². The second-order valence-electron chi connectivity index (χ2n) is 5.67. The molecule has 17 heavy (non-hydrogen) atoms. The standard InChI is InChI=1S/C15H23NO/c1-10(2)8-11(3)16-15-7-4-12-9-13(17)5-6-14(12)15/h5-6,9-11,15-17H,4,7-8H2,1-3H3. The Morgan fingerprint density at radius 3 is 2.82 bits per heavy atom. The van der Waals surface area contributed by atoms with Crippen molar-refractivity contribution in [3.63, 3.8) is 0 Å². The van der Waals surface area contributed by atoms with Crippen molar-refractivity contribution in [1.82, 2.24) is 5.32 Å². The number of fused-ring (bicyclic) bond motifs is 1. The van der Waals surface area contributed by atoms with Crippen molar-refractivity contribution in [3.8, 4) is 5.75 Å². The summed E-state index contributed by atoms with van der Waals surface area (Å²) in [5.41, 5.74) is 2.68. The summed E-state index contributed by atoms with van der Waals surface area (Å²) in [5, 5.41) is 13.2. The van der Waals surface area contributed by atoms with Crippen molar-refractivity contribution >= 4 is 0 Å². The van der Waals surface area contributed by atoms with E-state index in [2.05, 4.69) is 32.2 Å². The summed E-state index contributed by atoms with van der Waals surface area (Å²) in [6.07, 6.45) is 3.45. The van der Waals surface area contributed by atoms with Crippen LogP contribution in [0.3, 0.4) is 0 Å². The van der Waals surface area contributed by atoms with Gasteiger partial charge < -0.3 is 10.4 Å². The fourth-order valence-corrected chi connectivity index (χ4v) is 2.90. The highest BCUT2D eigenvalue weighted by molar-refractivity contribution is 5.40. The van der Waals surface area contributed by atoms with Crippen LogP contribution in [0.4, 0.5) is 0 Å². The SMILES string of the molecule is CC(C)CC(C)NC1CCc2cc(O)ccc21. The smallest absolute Gasteiger partial charge is 0.115 e. The third-order valence-electron chi connectivity index (χ3n) is 3.51. The van der Waals surface area contributed by atoms with Gasteiger partial charge in [0, 0.05) is 12.1 Å². The predicted octanol–water partition coefficient (Wildman–Crippen LogP) is 3.40. The number of aromatic hydroxyl groups is 1. The van der Waals surface area contributed by atoms with Crippen LogP contribution in [0, 0.1) is 5.92 Å². The Morgan fingerprint density at radius 2 is 2.12 bits per heavy atom. The van der Waals surface area contributed by atoms with Gasteiger partial charge in [-0.1, -0.05) is 19.9 Å². The highest BCUT2D eigenvalue weighted by Gasteiger charge is 2.23. The van der Waals surface area contributed by atoms with E-state index in [9.17, 15) is 5.11 Å². The third kappa shape index (κ3) is 3.01. The van der Waals surface area contributed by atoms with Crippen molar-refractivity contribution in [2.24, 2.45) is 5.92 Å². The molecule has 0 radical (unpaired) electrons. The van der Waals surface area contributed by atoms with E-state index >= 15 is 0 Å². The van der Waals surface area contributed by atoms with E-state index in [1.165, 1.54) is 17.5 Å². The van der Waals surface area contributed by atoms with Crippen molar-refractivity contribution in [2.75, 3.05) is 0 Å². The van der Waals surface area contributed by atoms with Crippen LogP contribution in [0.25, 0.3) is 0 Å². The molecule has 2 atom stereocenters. The number of aryl methyl sites for hydroxylation is 1. The molecule has 2 nitrogen and oxygen atoms in total. The van der Waals surface area contributed by atoms with E-state index in [-0.39, 0.29) is 0 Å². The normalized spacial score (nSPS) is 20.6. The lowest BCUT2D eigenvalue weighted by Crippen LogP contribution is -2.30. The minimum Gasteiger partial charge on any atom is -0.508 e. The van der Waals surface area contributed by atoms with Crippen LogP contribution in [0.5, 0.6) is 5.75 Å². The molecular formula is C15H23NO. The second kappa shape index (κ2) is 5.09. The molecule has 1 aliphatic carbocycles. The molecule has 0 bridgehead atoms. The predicted molar refractivity (Wildman–Crippen MR) is 71.2 cm³/mol. The lowest BCUT2D eigenvalue weighted by molar-refractivity contribution is 0.392. The molecule has 0 aliphatic heterocycles. The number of nitrogens with one attached hydrogen (secondary N) is 1. The first-order chi connectivity index (χ1) is 8.06. The Labute approximate surface area is 104 Å². The first-order valence-electron chi connectivity index (χ1n) is 6.64. The van der Waals surface area contributed by atoms with Gasteiger partial charge in [-0.25, -0.2) is 0 Å². The van der Waals surface area contributed by atoms with E-state index < -0.39 is 0 Å². The maximum atomic E-state index is 9.46. The topological polar surface area (TPSA) is 32.3 Å². The van der Waals surface area contributed by atoms with Gasteiger partial charge in [0.15, 0.2) is 0 Å². The molecule has 0 heterocycles. The molecule has 1 aliphatic rings. The van der Waals surface area contributed by atoms with Crippen molar-refractivity contribution < 1.29 is 5.11 Å². The summed E-state index contributed by atoms with van der Waals surface area (Å²) in [6, 6.07) is 6.80. The zero-order valence-electron chi connectivity index (χ0n) is 11.0. The van der Waals surface area contributed by atoms with Crippen molar-refractivity contribution in [1.29, 1.82) is 0 Å². The second-order valence-corrected chi connectivity index (χ2v) is 5.67. The highest BCUT2D eigenvalue weighted by atomic mass is 16.3. The first kappa shape index (κ1) is 12.4. The molecule has 1 aromatic carbocycles. The van der Waals surface area contributed by atoms with Crippen molar-refractivity contribution in [3.05, 3.63) is 29.3 Å². The van der Waals surface area contributed by atoms with Gasteiger partial charge in [0.05, 0.1) is 0 Å². The third-order valence-corrected chi connectivity index (χ3v) is 3.51. The zero-order chi connectivity index (χ0) is 12.4. The molecule has 1 aromatic rings. The van der Waals surface area contributed by atoms with Gasteiger partial charge >= 0.3 is 0 Å². The largest absolute Gasteiger partial charge is 0.508 e. The van der Waals surface area contributed by atoms with E-state index in [0.717, 1.165) is 18.8 Å². The van der Waals surface area contributed by atoms with Gasteiger partial charge in [0.1, 0.15) is 5.75 Å². The number of rotatable bonds is 4. The molecule has 2 unspecified atom stereocenters. The lowest BCUT2D eigenvalue weighted by atomic mass is 10.0. The van der Waals surface area contributed by atoms with Crippen LogP contribution in [0.15, 0.2) is 18.2 Å². The van der Waals surface area contributed by atoms with Crippen LogP contribution in [0.1, 0.15) is 50.8 Å². The minimum atomic E-state index is 0.389. The van der Waals surface area contributed by atoms with Gasteiger partial charge in [0.25, 0.3) is 0 Å². The van der Waals surface area contributed by atoms with E-state index in [0.29, 0.717) is 17.8 Å². The molecule has 94 valence electrons. The summed E-state index contributed by atoms with van der Waals surface area (Å²) < 4.78 is 0. The summed E-state index contributed by atoms with van der Waals surface area (Å²) in [7, 11) is 0. The molecule has 2 heteroatoms. The van der Waals surface area contributed by atoms with E-state index in [1.54, 1.807) is 6.07 Å². The van der Waals surface area contributed by atoms with Crippen LogP contribution in [-0.4, -0.2) is 11.1 Å². The fourth-order valence-electron chi connectivity index (χ4n) is 2.90. The summed E-state index contributed by atoms with van der Waals surface area (Å²) >= 11 is 0. The van der Waals surface area contributed by atoms with Crippen LogP contribution in [0.2, 0.25) is 0 Å².